The molecule has 0 fully saturated rings. The van der Waals surface area contributed by atoms with Crippen LogP contribution in [0.25, 0.3) is 11.0 Å². The third-order valence-electron chi connectivity index (χ3n) is 4.19. The van der Waals surface area contributed by atoms with Gasteiger partial charge in [-0.1, -0.05) is 13.8 Å². The van der Waals surface area contributed by atoms with Crippen molar-refractivity contribution in [3.05, 3.63) is 27.0 Å². The fourth-order valence-electron chi connectivity index (χ4n) is 2.84. The van der Waals surface area contributed by atoms with Gasteiger partial charge in [0.15, 0.2) is 5.65 Å². The Balaban J connectivity index is 2.99. The summed E-state index contributed by atoms with van der Waals surface area (Å²) in [6.45, 7) is 7.80. The molecule has 2 rings (SSSR count). The standard InChI is InChI=1S/C15H23N5O4S/c1-5-18(6-2)25(23,24)10-9-17-13-11(12(10)16)14(21)20(8-4)15(22)19(13)7-3/h9H,5-8H2,1-4H3,(H2,16,17). The molecular formula is C15H23N5O4S. The van der Waals surface area contributed by atoms with Gasteiger partial charge in [0.25, 0.3) is 5.56 Å². The van der Waals surface area contributed by atoms with E-state index in [1.807, 2.05) is 0 Å². The minimum atomic E-state index is -3.88. The van der Waals surface area contributed by atoms with Crippen molar-refractivity contribution < 1.29 is 8.42 Å². The van der Waals surface area contributed by atoms with Gasteiger partial charge in [-0.05, 0) is 13.8 Å². The number of aryl methyl sites for hydroxylation is 1. The number of pyridine rings is 1. The maximum absolute atomic E-state index is 12.8. The number of hydrogen-bond donors (Lipinski definition) is 1. The van der Waals surface area contributed by atoms with E-state index in [2.05, 4.69) is 4.98 Å². The number of aromatic nitrogens is 3. The van der Waals surface area contributed by atoms with Gasteiger partial charge in [-0.2, -0.15) is 4.31 Å². The van der Waals surface area contributed by atoms with Crippen LogP contribution in [-0.2, 0) is 23.1 Å². The van der Waals surface area contributed by atoms with Gasteiger partial charge >= 0.3 is 5.69 Å². The molecule has 0 saturated heterocycles. The Morgan fingerprint density at radius 2 is 1.64 bits per heavy atom. The highest BCUT2D eigenvalue weighted by atomic mass is 32.2. The Morgan fingerprint density at radius 1 is 1.08 bits per heavy atom. The molecule has 2 aromatic heterocycles. The molecule has 0 aliphatic rings. The van der Waals surface area contributed by atoms with Crippen molar-refractivity contribution in [2.75, 3.05) is 18.8 Å². The van der Waals surface area contributed by atoms with Crippen LogP contribution in [0.1, 0.15) is 27.7 Å². The van der Waals surface area contributed by atoms with Gasteiger partial charge in [0.05, 0.1) is 11.9 Å². The van der Waals surface area contributed by atoms with Crippen molar-refractivity contribution in [3.8, 4) is 0 Å². The molecule has 0 radical (unpaired) electrons. The maximum Gasteiger partial charge on any atom is 0.332 e. The summed E-state index contributed by atoms with van der Waals surface area (Å²) in [6, 6.07) is 0. The van der Waals surface area contributed by atoms with Crippen molar-refractivity contribution in [3.63, 3.8) is 0 Å². The second-order valence-electron chi connectivity index (χ2n) is 5.40. The van der Waals surface area contributed by atoms with Gasteiger partial charge in [-0.3, -0.25) is 13.9 Å². The lowest BCUT2D eigenvalue weighted by atomic mass is 10.2. The highest BCUT2D eigenvalue weighted by Gasteiger charge is 2.27. The SMILES string of the molecule is CCN(CC)S(=O)(=O)c1cnc2c(c1N)c(=O)n(CC)c(=O)n2CC. The molecule has 9 nitrogen and oxygen atoms in total. The van der Waals surface area contributed by atoms with Crippen molar-refractivity contribution in [1.29, 1.82) is 0 Å². The van der Waals surface area contributed by atoms with Crippen LogP contribution in [0.2, 0.25) is 0 Å². The van der Waals surface area contributed by atoms with Crippen LogP contribution in [0.15, 0.2) is 20.7 Å². The zero-order chi connectivity index (χ0) is 18.9. The molecule has 25 heavy (non-hydrogen) atoms. The number of fused-ring (bicyclic) bond motifs is 1. The van der Waals surface area contributed by atoms with E-state index in [0.717, 1.165) is 10.8 Å². The summed E-state index contributed by atoms with van der Waals surface area (Å²) in [5, 5.41) is -0.0449. The van der Waals surface area contributed by atoms with Gasteiger partial charge in [0.1, 0.15) is 10.3 Å². The first-order valence-corrected chi connectivity index (χ1v) is 9.62. The van der Waals surface area contributed by atoms with Crippen LogP contribution in [0.5, 0.6) is 0 Å². The summed E-state index contributed by atoms with van der Waals surface area (Å²) in [4.78, 5) is 28.9. The molecule has 0 aliphatic heterocycles. The van der Waals surface area contributed by atoms with E-state index in [1.54, 1.807) is 27.7 Å². The first-order valence-electron chi connectivity index (χ1n) is 8.18. The molecule has 0 spiro atoms. The largest absolute Gasteiger partial charge is 0.397 e. The highest BCUT2D eigenvalue weighted by molar-refractivity contribution is 7.89. The summed E-state index contributed by atoms with van der Waals surface area (Å²) in [7, 11) is -3.88. The predicted molar refractivity (Wildman–Crippen MR) is 96.1 cm³/mol. The molecule has 2 aromatic rings. The molecule has 0 atom stereocenters. The second-order valence-corrected chi connectivity index (χ2v) is 7.31. The third kappa shape index (κ3) is 2.85. The van der Waals surface area contributed by atoms with E-state index in [-0.39, 0.29) is 47.8 Å². The quantitative estimate of drug-likeness (QED) is 0.777. The van der Waals surface area contributed by atoms with Crippen molar-refractivity contribution in [2.24, 2.45) is 0 Å². The fourth-order valence-corrected chi connectivity index (χ4v) is 4.37. The Labute approximate surface area is 145 Å². The molecular weight excluding hydrogens is 346 g/mol. The van der Waals surface area contributed by atoms with Crippen molar-refractivity contribution in [1.82, 2.24) is 18.4 Å². The summed E-state index contributed by atoms with van der Waals surface area (Å²) in [5.74, 6) is 0. The predicted octanol–water partition coefficient (Wildman–Crippen LogP) is 0.211. The summed E-state index contributed by atoms with van der Waals surface area (Å²) < 4.78 is 29.1. The van der Waals surface area contributed by atoms with E-state index in [4.69, 9.17) is 5.73 Å². The zero-order valence-corrected chi connectivity index (χ0v) is 15.6. The maximum atomic E-state index is 12.8. The van der Waals surface area contributed by atoms with Crippen LogP contribution >= 0.6 is 0 Å². The molecule has 10 heteroatoms. The Kier molecular flexibility index (Phi) is 5.33. The lowest BCUT2D eigenvalue weighted by molar-refractivity contribution is 0.445. The van der Waals surface area contributed by atoms with Crippen molar-refractivity contribution >= 4 is 26.7 Å². The van der Waals surface area contributed by atoms with Gasteiger partial charge < -0.3 is 5.73 Å². The highest BCUT2D eigenvalue weighted by Crippen LogP contribution is 2.26. The number of rotatable bonds is 6. The Morgan fingerprint density at radius 3 is 2.12 bits per heavy atom. The molecule has 0 saturated carbocycles. The van der Waals surface area contributed by atoms with Gasteiger partial charge in [-0.25, -0.2) is 18.2 Å². The number of sulfonamides is 1. The molecule has 2 N–H and O–H groups in total. The number of nitrogens with two attached hydrogens (primary N) is 1. The minimum Gasteiger partial charge on any atom is -0.397 e. The second kappa shape index (κ2) is 6.96. The van der Waals surface area contributed by atoms with Crippen LogP contribution in [0.4, 0.5) is 5.69 Å². The summed E-state index contributed by atoms with van der Waals surface area (Å²) >= 11 is 0. The molecule has 0 aliphatic carbocycles. The topological polar surface area (TPSA) is 120 Å². The lowest BCUT2D eigenvalue weighted by Crippen LogP contribution is -2.40. The Hall–Kier alpha value is -2.20. The molecule has 0 aromatic carbocycles. The normalized spacial score (nSPS) is 12.2. The van der Waals surface area contributed by atoms with Crippen LogP contribution in [0, 0.1) is 0 Å². The monoisotopic (exact) mass is 369 g/mol. The molecule has 0 amide bonds. The first-order chi connectivity index (χ1) is 11.8. The van der Waals surface area contributed by atoms with E-state index in [1.165, 1.54) is 8.87 Å². The summed E-state index contributed by atoms with van der Waals surface area (Å²) in [5.41, 5.74) is 4.87. The Bertz CT molecular complexity index is 1020. The lowest BCUT2D eigenvalue weighted by Gasteiger charge is -2.20. The fraction of sp³-hybridized carbons (Fsp3) is 0.533. The molecule has 0 bridgehead atoms. The molecule has 138 valence electrons. The number of anilines is 1. The first kappa shape index (κ1) is 19.1. The van der Waals surface area contributed by atoms with Crippen molar-refractivity contribution in [2.45, 2.75) is 45.7 Å². The smallest absolute Gasteiger partial charge is 0.332 e. The van der Waals surface area contributed by atoms with Crippen LogP contribution in [0.3, 0.4) is 0 Å². The van der Waals surface area contributed by atoms with E-state index >= 15 is 0 Å². The summed E-state index contributed by atoms with van der Waals surface area (Å²) in [6.07, 6.45) is 1.12. The van der Waals surface area contributed by atoms with E-state index in [9.17, 15) is 18.0 Å². The zero-order valence-electron chi connectivity index (χ0n) is 14.8. The molecule has 0 unspecified atom stereocenters. The number of nitrogens with zero attached hydrogens (tertiary/aromatic N) is 4. The van der Waals surface area contributed by atoms with E-state index in [0.29, 0.717) is 0 Å². The third-order valence-corrected chi connectivity index (χ3v) is 6.27. The number of hydrogen-bond acceptors (Lipinski definition) is 6. The average molecular weight is 369 g/mol. The minimum absolute atomic E-state index is 0.0449. The van der Waals surface area contributed by atoms with Gasteiger partial charge in [-0.15, -0.1) is 0 Å². The van der Waals surface area contributed by atoms with Crippen LogP contribution < -0.4 is 17.0 Å². The number of nitrogen functional groups attached to an aromatic ring is 1. The molecule has 2 heterocycles. The average Bonchev–Trinajstić information content (AvgIpc) is 2.56. The van der Waals surface area contributed by atoms with Gasteiger partial charge in [0.2, 0.25) is 10.0 Å². The van der Waals surface area contributed by atoms with E-state index < -0.39 is 21.3 Å². The van der Waals surface area contributed by atoms with Crippen LogP contribution in [-0.4, -0.2) is 39.9 Å². The van der Waals surface area contributed by atoms with Gasteiger partial charge in [0, 0.05) is 26.2 Å².